The van der Waals surface area contributed by atoms with Crippen LogP contribution in [0.4, 0.5) is 5.69 Å². The lowest BCUT2D eigenvalue weighted by Crippen LogP contribution is -2.45. The molecule has 1 aliphatic heterocycles. The molecule has 0 N–H and O–H groups in total. The predicted molar refractivity (Wildman–Crippen MR) is 97.7 cm³/mol. The van der Waals surface area contributed by atoms with Crippen molar-refractivity contribution in [3.05, 3.63) is 65.2 Å². The number of nitrogens with zero attached hydrogens (tertiary/aromatic N) is 2. The van der Waals surface area contributed by atoms with Crippen LogP contribution in [0.25, 0.3) is 0 Å². The molecule has 0 amide bonds. The van der Waals surface area contributed by atoms with Gasteiger partial charge in [0.05, 0.1) is 27.9 Å². The van der Waals surface area contributed by atoms with Crippen LogP contribution in [0.3, 0.4) is 0 Å². The topological polar surface area (TPSA) is 32.7 Å². The number of hydrogen-bond acceptors (Lipinski definition) is 3. The van der Waals surface area contributed by atoms with Gasteiger partial charge >= 0.3 is 0 Å². The Kier molecular flexibility index (Phi) is 3.69. The van der Waals surface area contributed by atoms with Gasteiger partial charge in [-0.25, -0.2) is 0 Å². The first-order valence-electron chi connectivity index (χ1n) is 8.34. The molecule has 4 rings (SSSR count). The summed E-state index contributed by atoms with van der Waals surface area (Å²) in [7, 11) is 0. The van der Waals surface area contributed by atoms with Gasteiger partial charge in [0.1, 0.15) is 5.78 Å². The molecule has 2 aromatic rings. The number of Topliss-reactive ketones (excluding diaryl/α,β-unsaturated/α-hetero) is 1. The van der Waals surface area contributed by atoms with E-state index >= 15 is 0 Å². The summed E-state index contributed by atoms with van der Waals surface area (Å²) in [5, 5.41) is 7.56. The summed E-state index contributed by atoms with van der Waals surface area (Å²) in [5.41, 5.74) is 2.26. The highest BCUT2D eigenvalue weighted by Gasteiger charge is 2.57. The third-order valence-electron chi connectivity index (χ3n) is 5.32. The van der Waals surface area contributed by atoms with E-state index < -0.39 is 5.41 Å². The third kappa shape index (κ3) is 2.11. The van der Waals surface area contributed by atoms with Gasteiger partial charge in [-0.3, -0.25) is 9.80 Å². The molecule has 0 bridgehead atoms. The monoisotopic (exact) mass is 338 g/mol. The fourth-order valence-electron chi connectivity index (χ4n) is 4.21. The molecule has 0 radical (unpaired) electrons. The summed E-state index contributed by atoms with van der Waals surface area (Å²) in [6.45, 7) is 1.70. The minimum atomic E-state index is -0.527. The van der Waals surface area contributed by atoms with E-state index in [1.165, 1.54) is 0 Å². The van der Waals surface area contributed by atoms with Crippen LogP contribution in [-0.2, 0) is 4.79 Å². The second kappa shape index (κ2) is 5.75. The molecule has 1 heterocycles. The first kappa shape index (κ1) is 15.4. The molecule has 2 atom stereocenters. The van der Waals surface area contributed by atoms with Crippen molar-refractivity contribution in [1.29, 1.82) is 0 Å². The number of hydrazone groups is 1. The molecule has 0 unspecified atom stereocenters. The first-order valence-corrected chi connectivity index (χ1v) is 8.71. The van der Waals surface area contributed by atoms with Crippen molar-refractivity contribution >= 4 is 28.8 Å². The molecule has 3 nitrogen and oxygen atoms in total. The van der Waals surface area contributed by atoms with Gasteiger partial charge in [-0.05, 0) is 43.9 Å². The summed E-state index contributed by atoms with van der Waals surface area (Å²) in [4.78, 5) is 12.8. The van der Waals surface area contributed by atoms with Crippen molar-refractivity contribution in [2.24, 2.45) is 10.5 Å². The van der Waals surface area contributed by atoms with E-state index in [9.17, 15) is 4.79 Å². The van der Waals surface area contributed by atoms with Crippen molar-refractivity contribution < 1.29 is 4.79 Å². The van der Waals surface area contributed by atoms with E-state index in [4.69, 9.17) is 16.7 Å². The maximum Gasteiger partial charge on any atom is 0.144 e. The smallest absolute Gasteiger partial charge is 0.144 e. The van der Waals surface area contributed by atoms with Crippen molar-refractivity contribution in [3.8, 4) is 0 Å². The molecule has 1 fully saturated rings. The van der Waals surface area contributed by atoms with Crippen LogP contribution in [0.2, 0.25) is 5.02 Å². The Balaban J connectivity index is 1.90. The zero-order chi connectivity index (χ0) is 16.7. The average Bonchev–Trinajstić information content (AvgIpc) is 3.15. The summed E-state index contributed by atoms with van der Waals surface area (Å²) in [6.07, 6.45) is 2.82. The molecule has 2 aliphatic rings. The number of rotatable bonds is 3. The number of benzene rings is 2. The van der Waals surface area contributed by atoms with E-state index in [0.29, 0.717) is 5.02 Å². The number of carbonyl (C=O) groups excluding carboxylic acids is 1. The zero-order valence-corrected chi connectivity index (χ0v) is 14.3. The zero-order valence-electron chi connectivity index (χ0n) is 13.6. The van der Waals surface area contributed by atoms with Crippen LogP contribution in [0, 0.1) is 5.41 Å². The Bertz CT molecular complexity index is 817. The normalized spacial score (nSPS) is 25.5. The SMILES string of the molecule is CC(=O)[C@]12CCC[C@H]1N(c1ccccc1Cl)N=C2c1ccccc1. The lowest BCUT2D eigenvalue weighted by Gasteiger charge is -2.31. The van der Waals surface area contributed by atoms with Crippen molar-refractivity contribution in [1.82, 2.24) is 0 Å². The van der Waals surface area contributed by atoms with E-state index in [2.05, 4.69) is 0 Å². The van der Waals surface area contributed by atoms with Crippen molar-refractivity contribution in [3.63, 3.8) is 0 Å². The number of ketones is 1. The van der Waals surface area contributed by atoms with E-state index in [-0.39, 0.29) is 11.8 Å². The maximum absolute atomic E-state index is 12.8. The van der Waals surface area contributed by atoms with Crippen LogP contribution in [0.5, 0.6) is 0 Å². The Morgan fingerprint density at radius 3 is 2.58 bits per heavy atom. The Morgan fingerprint density at radius 1 is 1.17 bits per heavy atom. The van der Waals surface area contributed by atoms with E-state index in [0.717, 1.165) is 36.2 Å². The second-order valence-electron chi connectivity index (χ2n) is 6.55. The predicted octanol–water partition coefficient (Wildman–Crippen LogP) is 4.69. The van der Waals surface area contributed by atoms with Gasteiger partial charge in [-0.2, -0.15) is 5.10 Å². The van der Waals surface area contributed by atoms with E-state index in [1.54, 1.807) is 6.92 Å². The highest BCUT2D eigenvalue weighted by atomic mass is 35.5. The van der Waals surface area contributed by atoms with Crippen molar-refractivity contribution in [2.75, 3.05) is 5.01 Å². The molecule has 24 heavy (non-hydrogen) atoms. The van der Waals surface area contributed by atoms with Crippen LogP contribution in [0.1, 0.15) is 31.7 Å². The molecule has 1 aliphatic carbocycles. The molecular weight excluding hydrogens is 320 g/mol. The van der Waals surface area contributed by atoms with Gasteiger partial charge in [0.25, 0.3) is 0 Å². The number of carbonyl (C=O) groups is 1. The Morgan fingerprint density at radius 2 is 1.88 bits per heavy atom. The summed E-state index contributed by atoms with van der Waals surface area (Å²) < 4.78 is 0. The largest absolute Gasteiger partial charge is 0.299 e. The fourth-order valence-corrected chi connectivity index (χ4v) is 4.43. The van der Waals surface area contributed by atoms with Crippen LogP contribution < -0.4 is 5.01 Å². The maximum atomic E-state index is 12.8. The minimum Gasteiger partial charge on any atom is -0.299 e. The van der Waals surface area contributed by atoms with Crippen molar-refractivity contribution in [2.45, 2.75) is 32.2 Å². The van der Waals surface area contributed by atoms with Crippen LogP contribution in [0.15, 0.2) is 59.7 Å². The quantitative estimate of drug-likeness (QED) is 0.813. The summed E-state index contributed by atoms with van der Waals surface area (Å²) in [5.74, 6) is 0.196. The highest BCUT2D eigenvalue weighted by Crippen LogP contribution is 2.51. The number of para-hydroxylation sites is 1. The van der Waals surface area contributed by atoms with Gasteiger partial charge in [-0.1, -0.05) is 54.1 Å². The number of halogens is 1. The lowest BCUT2D eigenvalue weighted by atomic mass is 9.73. The minimum absolute atomic E-state index is 0.0464. The lowest BCUT2D eigenvalue weighted by molar-refractivity contribution is -0.123. The molecule has 4 heteroatoms. The van der Waals surface area contributed by atoms with Crippen LogP contribution >= 0.6 is 11.6 Å². The molecule has 0 aromatic heterocycles. The van der Waals surface area contributed by atoms with E-state index in [1.807, 2.05) is 59.6 Å². The Labute approximate surface area is 146 Å². The molecule has 0 saturated heterocycles. The Hall–Kier alpha value is -2.13. The standard InChI is InChI=1S/C20H19ClN2O/c1-14(24)20-13-7-12-18(20)23(17-11-6-5-10-16(17)21)22-19(20)15-8-3-2-4-9-15/h2-6,8-11,18H,7,12-13H2,1H3/t18-,20-/m1/s1. The number of anilines is 1. The fraction of sp³-hybridized carbons (Fsp3) is 0.300. The molecular formula is C20H19ClN2O. The third-order valence-corrected chi connectivity index (χ3v) is 5.64. The molecule has 1 saturated carbocycles. The summed E-state index contributed by atoms with van der Waals surface area (Å²) >= 11 is 6.42. The van der Waals surface area contributed by atoms with Gasteiger partial charge in [-0.15, -0.1) is 0 Å². The van der Waals surface area contributed by atoms with Gasteiger partial charge in [0.15, 0.2) is 0 Å². The van der Waals surface area contributed by atoms with Gasteiger partial charge in [0, 0.05) is 0 Å². The van der Waals surface area contributed by atoms with Gasteiger partial charge in [0.2, 0.25) is 0 Å². The molecule has 122 valence electrons. The number of fused-ring (bicyclic) bond motifs is 1. The highest BCUT2D eigenvalue weighted by molar-refractivity contribution is 6.33. The van der Waals surface area contributed by atoms with Gasteiger partial charge < -0.3 is 0 Å². The first-order chi connectivity index (χ1) is 11.6. The second-order valence-corrected chi connectivity index (χ2v) is 6.95. The van der Waals surface area contributed by atoms with Crippen LogP contribution in [-0.4, -0.2) is 17.5 Å². The molecule has 0 spiro atoms. The summed E-state index contributed by atoms with van der Waals surface area (Å²) in [6, 6.07) is 17.8. The number of hydrogen-bond donors (Lipinski definition) is 0. The average molecular weight is 339 g/mol. The molecule has 2 aromatic carbocycles.